The van der Waals surface area contributed by atoms with E-state index in [0.29, 0.717) is 45.3 Å². The minimum atomic E-state index is -1.28. The summed E-state index contributed by atoms with van der Waals surface area (Å²) in [6.45, 7) is 15.7. The number of aliphatic hydroxyl groups is 2. The van der Waals surface area contributed by atoms with Gasteiger partial charge in [0.05, 0.1) is 54.3 Å². The number of aryl methyl sites for hydroxylation is 1. The van der Waals surface area contributed by atoms with Gasteiger partial charge in [0.15, 0.2) is 17.7 Å². The summed E-state index contributed by atoms with van der Waals surface area (Å²) >= 11 is 0. The summed E-state index contributed by atoms with van der Waals surface area (Å²) < 4.78 is 34.8. The lowest BCUT2D eigenvalue weighted by Gasteiger charge is -2.48. The number of cyclic esters (lactones) is 1. The second kappa shape index (κ2) is 19.3. The van der Waals surface area contributed by atoms with Gasteiger partial charge in [-0.3, -0.25) is 19.2 Å². The third-order valence-electron chi connectivity index (χ3n) is 13.3. The Bertz CT molecular complexity index is 2010. The van der Waals surface area contributed by atoms with Crippen LogP contribution in [0.15, 0.2) is 30.5 Å². The highest BCUT2D eigenvalue weighted by Gasteiger charge is 2.59. The van der Waals surface area contributed by atoms with E-state index in [1.54, 1.807) is 54.0 Å². The minimum Gasteiger partial charge on any atom is -0.458 e. The maximum Gasteiger partial charge on any atom is 0.410 e. The van der Waals surface area contributed by atoms with E-state index < -0.39 is 89.8 Å². The molecule has 0 spiro atoms. The first-order valence-electron chi connectivity index (χ1n) is 21.9. The van der Waals surface area contributed by atoms with Crippen LogP contribution in [-0.4, -0.2) is 168 Å². The number of unbranched alkanes of at least 4 members (excludes halogenated alkanes) is 1. The fourth-order valence-electron chi connectivity index (χ4n) is 9.95. The number of hydrogen-bond donors (Lipinski definition) is 3. The number of rotatable bonds is 12. The van der Waals surface area contributed by atoms with Crippen molar-refractivity contribution in [3.05, 3.63) is 36.2 Å². The molecular weight excluding hydrogens is 803 g/mol. The lowest BCUT2D eigenvalue weighted by Crippen LogP contribution is -2.65. The van der Waals surface area contributed by atoms with Gasteiger partial charge in [0, 0.05) is 38.2 Å². The van der Waals surface area contributed by atoms with E-state index in [1.807, 2.05) is 58.2 Å². The molecule has 19 heteroatoms. The van der Waals surface area contributed by atoms with Crippen LogP contribution in [-0.2, 0) is 46.4 Å². The van der Waals surface area contributed by atoms with Gasteiger partial charge in [0.25, 0.3) is 0 Å². The largest absolute Gasteiger partial charge is 0.458 e. The molecule has 344 valence electrons. The van der Waals surface area contributed by atoms with Crippen molar-refractivity contribution in [1.82, 2.24) is 45.1 Å². The number of carbonyl (C=O) groups excluding carboxylic acids is 3. The molecule has 1 amide bonds. The van der Waals surface area contributed by atoms with Gasteiger partial charge in [-0.25, -0.2) is 9.48 Å². The van der Waals surface area contributed by atoms with Crippen LogP contribution in [0.1, 0.15) is 86.8 Å². The first-order valence-corrected chi connectivity index (χ1v) is 21.9. The van der Waals surface area contributed by atoms with Gasteiger partial charge >= 0.3 is 12.1 Å². The molecular formula is C43H67N9O10. The molecule has 5 heterocycles. The molecule has 19 nitrogen and oxygen atoms in total. The summed E-state index contributed by atoms with van der Waals surface area (Å²) in [7, 11) is 5.03. The molecule has 14 atom stereocenters. The molecule has 0 aliphatic carbocycles. The second-order valence-corrected chi connectivity index (χ2v) is 18.1. The summed E-state index contributed by atoms with van der Waals surface area (Å²) in [6.07, 6.45) is -2.80. The van der Waals surface area contributed by atoms with Crippen LogP contribution in [0.4, 0.5) is 4.79 Å². The number of methoxy groups -OCH3 is 1. The normalized spacial score (nSPS) is 36.4. The zero-order chi connectivity index (χ0) is 45.3. The number of amides is 1. The van der Waals surface area contributed by atoms with E-state index in [0.717, 1.165) is 16.7 Å². The third-order valence-corrected chi connectivity index (χ3v) is 13.3. The monoisotopic (exact) mass is 870 g/mol. The molecule has 6 rings (SSSR count). The number of nitrogens with zero attached hydrogens (tertiary/aromatic N) is 8. The minimum absolute atomic E-state index is 0.280. The number of Topliss-reactive ketones (excluding diaryl/α,β-unsaturated/α-hetero) is 1. The van der Waals surface area contributed by atoms with E-state index in [2.05, 4.69) is 25.9 Å². The fraction of sp³-hybridized carbons (Fsp3) is 0.744. The summed E-state index contributed by atoms with van der Waals surface area (Å²) in [5.74, 6) is -3.37. The average Bonchev–Trinajstić information content (AvgIpc) is 3.93. The SMILES string of the molecule is CC[C@@H]1OC(=O)[C@H](C)C(=O)[C@H](C)[C@@H](O[C@@H]2O[C@H](C)[C@@H](O)[C@H](N(C)C)[C@H]2O)[C@@](C)(OC)C[C@@H](C)N[C@@H](C)[C@H]2N(CCCCn3cc(Cn4nnc5ccccc54)nn3)C(=O)O[C@]12C. The van der Waals surface area contributed by atoms with Crippen molar-refractivity contribution in [2.45, 2.75) is 166 Å². The number of benzene rings is 1. The molecule has 3 aromatic rings. The van der Waals surface area contributed by atoms with Crippen LogP contribution in [0.5, 0.6) is 0 Å². The summed E-state index contributed by atoms with van der Waals surface area (Å²) in [4.78, 5) is 45.7. The van der Waals surface area contributed by atoms with Crippen molar-refractivity contribution >= 4 is 28.9 Å². The van der Waals surface area contributed by atoms with Gasteiger partial charge in [-0.2, -0.15) is 0 Å². The molecule has 0 saturated carbocycles. The van der Waals surface area contributed by atoms with Crippen molar-refractivity contribution in [2.75, 3.05) is 27.7 Å². The highest BCUT2D eigenvalue weighted by atomic mass is 16.7. The lowest BCUT2D eigenvalue weighted by molar-refractivity contribution is -0.313. The summed E-state index contributed by atoms with van der Waals surface area (Å²) in [5, 5.41) is 43.2. The van der Waals surface area contributed by atoms with E-state index in [1.165, 1.54) is 14.0 Å². The van der Waals surface area contributed by atoms with Gasteiger partial charge in [0.2, 0.25) is 0 Å². The van der Waals surface area contributed by atoms with Gasteiger partial charge in [-0.15, -0.1) is 10.2 Å². The van der Waals surface area contributed by atoms with Crippen molar-refractivity contribution in [3.8, 4) is 0 Å². The molecule has 62 heavy (non-hydrogen) atoms. The Hall–Kier alpha value is -4.11. The smallest absolute Gasteiger partial charge is 0.410 e. The number of aromatic nitrogens is 6. The lowest BCUT2D eigenvalue weighted by atomic mass is 9.78. The Kier molecular flexibility index (Phi) is 14.8. The highest BCUT2D eigenvalue weighted by Crippen LogP contribution is 2.40. The fourth-order valence-corrected chi connectivity index (χ4v) is 9.95. The number of esters is 1. The standard InChI is InChI=1S/C43H67N9O10/c1-12-32-43(8)37(51(41(57)62-43)20-16-15-19-50-22-29(45-47-50)23-52-31-18-14-13-17-30(31)46-48-52)27(5)44-24(2)21-42(7,58-11)38(25(3)34(53)26(4)39(56)60-32)61-40-36(55)33(49(9)10)35(54)28(6)59-40/h13-14,17-18,22,24-28,32-33,35-38,40,44,54-55H,12,15-16,19-21,23H2,1-11H3/t24-,25+,26-,27+,28-,32+,33+,35-,36-,37-,38-,40+,42+,43-/m1/s1. The number of nitrogens with one attached hydrogen (secondary N) is 1. The topological polar surface area (TPSA) is 218 Å². The van der Waals surface area contributed by atoms with Crippen LogP contribution >= 0.6 is 0 Å². The van der Waals surface area contributed by atoms with Crippen LogP contribution in [0.25, 0.3) is 11.0 Å². The Morgan fingerprint density at radius 3 is 2.39 bits per heavy atom. The molecule has 0 unspecified atom stereocenters. The van der Waals surface area contributed by atoms with Crippen LogP contribution < -0.4 is 5.32 Å². The average molecular weight is 870 g/mol. The summed E-state index contributed by atoms with van der Waals surface area (Å²) in [6, 6.07) is 5.77. The third kappa shape index (κ3) is 9.54. The van der Waals surface area contributed by atoms with Crippen LogP contribution in [0.2, 0.25) is 0 Å². The van der Waals surface area contributed by atoms with Gasteiger partial charge in [-0.05, 0) is 93.5 Å². The molecule has 3 aliphatic rings. The first kappa shape index (κ1) is 47.4. The Morgan fingerprint density at radius 2 is 1.69 bits per heavy atom. The van der Waals surface area contributed by atoms with Crippen molar-refractivity contribution in [3.63, 3.8) is 0 Å². The molecule has 3 saturated heterocycles. The predicted octanol–water partition coefficient (Wildman–Crippen LogP) is 2.55. The number of likely N-dealkylation sites (N-methyl/N-ethyl adjacent to an activating group) is 1. The highest BCUT2D eigenvalue weighted by molar-refractivity contribution is 6.00. The zero-order valence-electron chi connectivity index (χ0n) is 38.0. The summed E-state index contributed by atoms with van der Waals surface area (Å²) in [5.41, 5.74) is 0.0143. The van der Waals surface area contributed by atoms with Gasteiger partial charge < -0.3 is 44.1 Å². The molecule has 3 aliphatic heterocycles. The number of fused-ring (bicyclic) bond motifs is 2. The van der Waals surface area contributed by atoms with Crippen molar-refractivity contribution in [2.24, 2.45) is 11.8 Å². The van der Waals surface area contributed by atoms with E-state index in [4.69, 9.17) is 23.7 Å². The maximum absolute atomic E-state index is 14.3. The quantitative estimate of drug-likeness (QED) is 0.135. The molecule has 0 radical (unpaired) electrons. The van der Waals surface area contributed by atoms with E-state index >= 15 is 0 Å². The molecule has 0 bridgehead atoms. The molecule has 2 aromatic heterocycles. The molecule has 3 fully saturated rings. The number of aliphatic hydroxyl groups excluding tert-OH is 2. The van der Waals surface area contributed by atoms with Crippen molar-refractivity contribution < 1.29 is 48.3 Å². The Morgan fingerprint density at radius 1 is 0.984 bits per heavy atom. The number of para-hydroxylation sites is 1. The van der Waals surface area contributed by atoms with Gasteiger partial charge in [0.1, 0.15) is 29.3 Å². The van der Waals surface area contributed by atoms with Crippen LogP contribution in [0.3, 0.4) is 0 Å². The Labute approximate surface area is 363 Å². The number of ether oxygens (including phenoxy) is 5. The number of ketones is 1. The molecule has 1 aromatic carbocycles. The van der Waals surface area contributed by atoms with E-state index in [9.17, 15) is 24.6 Å². The van der Waals surface area contributed by atoms with Crippen molar-refractivity contribution in [1.29, 1.82) is 0 Å². The maximum atomic E-state index is 14.3. The van der Waals surface area contributed by atoms with Gasteiger partial charge in [-0.1, -0.05) is 36.4 Å². The Balaban J connectivity index is 1.21. The second-order valence-electron chi connectivity index (χ2n) is 18.1. The number of hydrogen-bond acceptors (Lipinski definition) is 16. The first-order chi connectivity index (χ1) is 29.3. The van der Waals surface area contributed by atoms with E-state index in [-0.39, 0.29) is 12.1 Å². The zero-order valence-corrected chi connectivity index (χ0v) is 38.0. The number of carbonyl (C=O) groups is 3. The van der Waals surface area contributed by atoms with Crippen LogP contribution in [0, 0.1) is 11.8 Å². The molecule has 3 N–H and O–H groups in total. The predicted molar refractivity (Wildman–Crippen MR) is 226 cm³/mol.